The van der Waals surface area contributed by atoms with Crippen molar-refractivity contribution in [1.82, 2.24) is 19.4 Å². The number of carbonyl (C=O) groups is 1. The molecule has 24 heavy (non-hydrogen) atoms. The first-order valence-electron chi connectivity index (χ1n) is 9.71. The van der Waals surface area contributed by atoms with Gasteiger partial charge in [0.15, 0.2) is 0 Å². The molecule has 0 bridgehead atoms. The maximum atomic E-state index is 12.5. The van der Waals surface area contributed by atoms with E-state index in [1.165, 1.54) is 6.42 Å². The van der Waals surface area contributed by atoms with E-state index in [0.717, 1.165) is 64.2 Å². The third-order valence-corrected chi connectivity index (χ3v) is 5.26. The van der Waals surface area contributed by atoms with Crippen LogP contribution in [0.1, 0.15) is 58.7 Å². The summed E-state index contributed by atoms with van der Waals surface area (Å²) in [7, 11) is 0. The van der Waals surface area contributed by atoms with Crippen LogP contribution < -0.4 is 0 Å². The zero-order chi connectivity index (χ0) is 17.4. The average Bonchev–Trinajstić information content (AvgIpc) is 3.07. The first-order chi connectivity index (χ1) is 11.7. The summed E-state index contributed by atoms with van der Waals surface area (Å²) in [6.07, 6.45) is 9.78. The van der Waals surface area contributed by atoms with Crippen molar-refractivity contribution < 1.29 is 4.79 Å². The van der Waals surface area contributed by atoms with Gasteiger partial charge in [-0.15, -0.1) is 0 Å². The second kappa shape index (κ2) is 9.82. The molecule has 0 aromatic carbocycles. The van der Waals surface area contributed by atoms with Crippen molar-refractivity contribution in [3.8, 4) is 0 Å². The molecule has 2 heterocycles. The van der Waals surface area contributed by atoms with Crippen LogP contribution in [-0.2, 0) is 17.8 Å². The van der Waals surface area contributed by atoms with Crippen molar-refractivity contribution in [2.45, 2.75) is 71.9 Å². The fourth-order valence-electron chi connectivity index (χ4n) is 3.70. The predicted octanol–water partition coefficient (Wildman–Crippen LogP) is 2.95. The lowest BCUT2D eigenvalue weighted by molar-refractivity contribution is -0.132. The molecule has 0 unspecified atom stereocenters. The largest absolute Gasteiger partial charge is 0.343 e. The standard InChI is InChI=1S/C19H34N4O/c1-4-7-13-22-16-12-20-18(22)8-9-19(24)23-14-10-17(11-15-23)21(5-2)6-3/h12,16-17H,4-11,13-15H2,1-3H3. The lowest BCUT2D eigenvalue weighted by Crippen LogP contribution is -2.46. The van der Waals surface area contributed by atoms with Crippen molar-refractivity contribution in [1.29, 1.82) is 0 Å². The van der Waals surface area contributed by atoms with Crippen LogP contribution in [0.3, 0.4) is 0 Å². The van der Waals surface area contributed by atoms with E-state index >= 15 is 0 Å². The fourth-order valence-corrected chi connectivity index (χ4v) is 3.70. The Morgan fingerprint density at radius 3 is 2.58 bits per heavy atom. The molecule has 2 rings (SSSR count). The lowest BCUT2D eigenvalue weighted by Gasteiger charge is -2.37. The van der Waals surface area contributed by atoms with Gasteiger partial charge in [-0.1, -0.05) is 27.2 Å². The number of likely N-dealkylation sites (tertiary alicyclic amines) is 1. The van der Waals surface area contributed by atoms with Gasteiger partial charge in [0, 0.05) is 50.9 Å². The van der Waals surface area contributed by atoms with E-state index < -0.39 is 0 Å². The van der Waals surface area contributed by atoms with E-state index in [9.17, 15) is 4.79 Å². The number of carbonyl (C=O) groups excluding carboxylic acids is 1. The third kappa shape index (κ3) is 5.07. The molecule has 0 aliphatic carbocycles. The number of hydrogen-bond acceptors (Lipinski definition) is 3. The number of hydrogen-bond donors (Lipinski definition) is 0. The molecule has 0 radical (unpaired) electrons. The van der Waals surface area contributed by atoms with Gasteiger partial charge in [-0.2, -0.15) is 0 Å². The molecular formula is C19H34N4O. The summed E-state index contributed by atoms with van der Waals surface area (Å²) in [5.41, 5.74) is 0. The number of unbranched alkanes of at least 4 members (excludes halogenated alkanes) is 1. The number of imidazole rings is 1. The normalized spacial score (nSPS) is 16.1. The minimum atomic E-state index is 0.290. The van der Waals surface area contributed by atoms with E-state index in [4.69, 9.17) is 0 Å². The number of piperidine rings is 1. The summed E-state index contributed by atoms with van der Waals surface area (Å²) in [5, 5.41) is 0. The number of aryl methyl sites for hydroxylation is 2. The summed E-state index contributed by atoms with van der Waals surface area (Å²) in [5.74, 6) is 1.34. The van der Waals surface area contributed by atoms with Crippen LogP contribution in [0, 0.1) is 0 Å². The number of amides is 1. The zero-order valence-corrected chi connectivity index (χ0v) is 15.7. The van der Waals surface area contributed by atoms with E-state index in [0.29, 0.717) is 12.5 Å². The van der Waals surface area contributed by atoms with Crippen molar-refractivity contribution in [3.63, 3.8) is 0 Å². The molecule has 1 aromatic rings. The maximum absolute atomic E-state index is 12.5. The van der Waals surface area contributed by atoms with Gasteiger partial charge in [-0.3, -0.25) is 4.79 Å². The van der Waals surface area contributed by atoms with E-state index in [1.54, 1.807) is 0 Å². The summed E-state index contributed by atoms with van der Waals surface area (Å²) in [6.45, 7) is 11.7. The molecule has 1 aliphatic heterocycles. The van der Waals surface area contributed by atoms with Gasteiger partial charge in [0.25, 0.3) is 0 Å². The fraction of sp³-hybridized carbons (Fsp3) is 0.789. The molecule has 136 valence electrons. The molecule has 1 amide bonds. The molecule has 0 saturated carbocycles. The summed E-state index contributed by atoms with van der Waals surface area (Å²) in [6, 6.07) is 0.650. The van der Waals surface area contributed by atoms with Crippen LogP contribution >= 0.6 is 0 Å². The minimum Gasteiger partial charge on any atom is -0.343 e. The summed E-state index contributed by atoms with van der Waals surface area (Å²) < 4.78 is 2.20. The minimum absolute atomic E-state index is 0.290. The molecule has 0 atom stereocenters. The van der Waals surface area contributed by atoms with Crippen molar-refractivity contribution in [2.24, 2.45) is 0 Å². The van der Waals surface area contributed by atoms with Gasteiger partial charge in [0.1, 0.15) is 5.82 Å². The predicted molar refractivity (Wildman–Crippen MR) is 98.0 cm³/mol. The van der Waals surface area contributed by atoms with Gasteiger partial charge in [-0.25, -0.2) is 4.98 Å². The second-order valence-corrected chi connectivity index (χ2v) is 6.72. The quantitative estimate of drug-likeness (QED) is 0.697. The highest BCUT2D eigenvalue weighted by Crippen LogP contribution is 2.17. The Bertz CT molecular complexity index is 487. The monoisotopic (exact) mass is 334 g/mol. The molecule has 1 fully saturated rings. The van der Waals surface area contributed by atoms with Gasteiger partial charge >= 0.3 is 0 Å². The first-order valence-corrected chi connectivity index (χ1v) is 9.71. The number of rotatable bonds is 9. The molecule has 0 spiro atoms. The Balaban J connectivity index is 1.77. The second-order valence-electron chi connectivity index (χ2n) is 6.72. The van der Waals surface area contributed by atoms with Crippen LogP contribution in [-0.4, -0.2) is 57.5 Å². The van der Waals surface area contributed by atoms with Gasteiger partial charge in [0.2, 0.25) is 5.91 Å². The molecule has 1 saturated heterocycles. The van der Waals surface area contributed by atoms with Crippen LogP contribution in [0.4, 0.5) is 0 Å². The number of aromatic nitrogens is 2. The number of nitrogens with zero attached hydrogens (tertiary/aromatic N) is 4. The van der Waals surface area contributed by atoms with Crippen LogP contribution in [0.25, 0.3) is 0 Å². The molecule has 5 nitrogen and oxygen atoms in total. The van der Waals surface area contributed by atoms with Crippen LogP contribution in [0.2, 0.25) is 0 Å². The zero-order valence-electron chi connectivity index (χ0n) is 15.7. The first kappa shape index (κ1) is 19.0. The molecule has 5 heteroatoms. The Labute approximate surface area is 147 Å². The third-order valence-electron chi connectivity index (χ3n) is 5.26. The topological polar surface area (TPSA) is 41.4 Å². The van der Waals surface area contributed by atoms with E-state index in [-0.39, 0.29) is 5.91 Å². The van der Waals surface area contributed by atoms with Gasteiger partial charge in [0.05, 0.1) is 0 Å². The lowest BCUT2D eigenvalue weighted by atomic mass is 10.0. The average molecular weight is 335 g/mol. The highest BCUT2D eigenvalue weighted by molar-refractivity contribution is 5.76. The highest BCUT2D eigenvalue weighted by Gasteiger charge is 2.25. The summed E-state index contributed by atoms with van der Waals surface area (Å²) in [4.78, 5) is 21.5. The Kier molecular flexibility index (Phi) is 7.76. The van der Waals surface area contributed by atoms with Crippen molar-refractivity contribution >= 4 is 5.91 Å². The smallest absolute Gasteiger partial charge is 0.223 e. The summed E-state index contributed by atoms with van der Waals surface area (Å²) >= 11 is 0. The van der Waals surface area contributed by atoms with Crippen LogP contribution in [0.5, 0.6) is 0 Å². The van der Waals surface area contributed by atoms with Gasteiger partial charge < -0.3 is 14.4 Å². The molecular weight excluding hydrogens is 300 g/mol. The van der Waals surface area contributed by atoms with Crippen molar-refractivity contribution in [3.05, 3.63) is 18.2 Å². The van der Waals surface area contributed by atoms with Crippen LogP contribution in [0.15, 0.2) is 12.4 Å². The van der Waals surface area contributed by atoms with E-state index in [1.807, 2.05) is 12.4 Å². The Morgan fingerprint density at radius 1 is 1.25 bits per heavy atom. The SMILES string of the molecule is CCCCn1ccnc1CCC(=O)N1CCC(N(CC)CC)CC1. The Hall–Kier alpha value is -1.36. The molecule has 1 aliphatic rings. The van der Waals surface area contributed by atoms with Gasteiger partial charge in [-0.05, 0) is 32.4 Å². The van der Waals surface area contributed by atoms with Crippen molar-refractivity contribution in [2.75, 3.05) is 26.2 Å². The van der Waals surface area contributed by atoms with E-state index in [2.05, 4.69) is 40.1 Å². The Morgan fingerprint density at radius 2 is 1.96 bits per heavy atom. The molecule has 0 N–H and O–H groups in total. The maximum Gasteiger partial charge on any atom is 0.223 e. The highest BCUT2D eigenvalue weighted by atomic mass is 16.2. The molecule has 1 aromatic heterocycles.